The summed E-state index contributed by atoms with van der Waals surface area (Å²) >= 11 is 0. The number of rotatable bonds is 0. The molecule has 0 amide bonds. The smallest absolute Gasteiger partial charge is 0.231 e. The number of phenols is 2. The number of H-pyrrole nitrogens is 1. The zero-order valence-corrected chi connectivity index (χ0v) is 10.5. The third kappa shape index (κ3) is 2.47. The first kappa shape index (κ1) is 12.2. The zero-order chi connectivity index (χ0) is 13.9. The van der Waals surface area contributed by atoms with E-state index < -0.39 is 0 Å². The molecule has 102 valence electrons. The van der Waals surface area contributed by atoms with Crippen LogP contribution in [0, 0.1) is 0 Å². The van der Waals surface area contributed by atoms with Gasteiger partial charge in [0.15, 0.2) is 11.5 Å². The van der Waals surface area contributed by atoms with Gasteiger partial charge in [0, 0.05) is 23.2 Å². The van der Waals surface area contributed by atoms with E-state index in [0.29, 0.717) is 17.2 Å². The molecule has 2 aromatic carbocycles. The van der Waals surface area contributed by atoms with Gasteiger partial charge in [-0.2, -0.15) is 0 Å². The Morgan fingerprint density at radius 1 is 0.850 bits per heavy atom. The lowest BCUT2D eigenvalue weighted by atomic mass is 10.2. The van der Waals surface area contributed by atoms with Crippen LogP contribution in [0.2, 0.25) is 0 Å². The van der Waals surface area contributed by atoms with Crippen molar-refractivity contribution >= 4 is 10.9 Å². The van der Waals surface area contributed by atoms with Crippen molar-refractivity contribution in [2.45, 2.75) is 0 Å². The lowest BCUT2D eigenvalue weighted by Crippen LogP contribution is -1.92. The molecule has 4 rings (SSSR count). The third-order valence-electron chi connectivity index (χ3n) is 2.89. The van der Waals surface area contributed by atoms with Crippen molar-refractivity contribution in [2.75, 3.05) is 6.79 Å². The second-order valence-corrected chi connectivity index (χ2v) is 4.29. The van der Waals surface area contributed by atoms with E-state index in [1.54, 1.807) is 24.3 Å². The SMILES string of the molecule is Oc1ccc2[nH]ccc2c1.Oc1ccc2c(c1)OCO2. The van der Waals surface area contributed by atoms with Gasteiger partial charge in [-0.15, -0.1) is 0 Å². The molecule has 0 atom stereocenters. The number of hydrogen-bond acceptors (Lipinski definition) is 4. The highest BCUT2D eigenvalue weighted by molar-refractivity contribution is 5.80. The minimum atomic E-state index is 0.198. The number of hydrogen-bond donors (Lipinski definition) is 3. The maximum Gasteiger partial charge on any atom is 0.231 e. The van der Waals surface area contributed by atoms with Gasteiger partial charge in [-0.25, -0.2) is 0 Å². The van der Waals surface area contributed by atoms with Crippen molar-refractivity contribution in [3.8, 4) is 23.0 Å². The van der Waals surface area contributed by atoms with E-state index in [1.165, 1.54) is 6.07 Å². The fourth-order valence-corrected chi connectivity index (χ4v) is 1.93. The first-order valence-corrected chi connectivity index (χ1v) is 6.07. The van der Waals surface area contributed by atoms with Crippen LogP contribution in [0.1, 0.15) is 0 Å². The lowest BCUT2D eigenvalue weighted by Gasteiger charge is -1.93. The van der Waals surface area contributed by atoms with E-state index in [2.05, 4.69) is 4.98 Å². The molecule has 1 aromatic heterocycles. The second kappa shape index (κ2) is 5.05. The molecule has 1 aliphatic heterocycles. The van der Waals surface area contributed by atoms with Gasteiger partial charge < -0.3 is 24.7 Å². The van der Waals surface area contributed by atoms with Gasteiger partial charge in [-0.3, -0.25) is 0 Å². The van der Waals surface area contributed by atoms with Gasteiger partial charge in [0.2, 0.25) is 6.79 Å². The van der Waals surface area contributed by atoms with Crippen molar-refractivity contribution in [2.24, 2.45) is 0 Å². The van der Waals surface area contributed by atoms with Crippen LogP contribution >= 0.6 is 0 Å². The number of ether oxygens (including phenoxy) is 2. The molecule has 0 radical (unpaired) electrons. The standard InChI is InChI=1S/C8H7NO.C7H6O3/c10-7-1-2-8-6(5-7)3-4-9-8;8-5-1-2-6-7(3-5)10-4-9-6/h1-5,9-10H;1-3,8H,4H2. The van der Waals surface area contributed by atoms with Crippen LogP contribution in [0.5, 0.6) is 23.0 Å². The summed E-state index contributed by atoms with van der Waals surface area (Å²) in [6, 6.07) is 11.9. The predicted octanol–water partition coefficient (Wildman–Crippen LogP) is 2.99. The summed E-state index contributed by atoms with van der Waals surface area (Å²) in [5.41, 5.74) is 1.05. The average molecular weight is 271 g/mol. The highest BCUT2D eigenvalue weighted by Crippen LogP contribution is 2.34. The number of aromatic amines is 1. The molecule has 5 nitrogen and oxygen atoms in total. The summed E-state index contributed by atoms with van der Waals surface area (Å²) in [7, 11) is 0. The number of benzene rings is 2. The van der Waals surface area contributed by atoms with E-state index in [0.717, 1.165) is 10.9 Å². The maximum absolute atomic E-state index is 9.03. The number of aromatic nitrogens is 1. The molecule has 0 saturated carbocycles. The molecular formula is C15H13NO4. The van der Waals surface area contributed by atoms with E-state index in [-0.39, 0.29) is 12.5 Å². The molecule has 0 bridgehead atoms. The average Bonchev–Trinajstić information content (AvgIpc) is 3.06. The lowest BCUT2D eigenvalue weighted by molar-refractivity contribution is 0.174. The number of aromatic hydroxyl groups is 2. The van der Waals surface area contributed by atoms with Gasteiger partial charge in [0.25, 0.3) is 0 Å². The van der Waals surface area contributed by atoms with Crippen molar-refractivity contribution < 1.29 is 19.7 Å². The monoisotopic (exact) mass is 271 g/mol. The quantitative estimate of drug-likeness (QED) is 0.587. The summed E-state index contributed by atoms with van der Waals surface area (Å²) in [6.07, 6.45) is 1.85. The number of nitrogens with one attached hydrogen (secondary N) is 1. The van der Waals surface area contributed by atoms with Gasteiger partial charge >= 0.3 is 0 Å². The van der Waals surface area contributed by atoms with Crippen LogP contribution in [-0.2, 0) is 0 Å². The molecule has 20 heavy (non-hydrogen) atoms. The van der Waals surface area contributed by atoms with Crippen LogP contribution < -0.4 is 9.47 Å². The van der Waals surface area contributed by atoms with Crippen LogP contribution in [-0.4, -0.2) is 22.0 Å². The topological polar surface area (TPSA) is 74.7 Å². The molecule has 3 N–H and O–H groups in total. The highest BCUT2D eigenvalue weighted by Gasteiger charge is 2.12. The highest BCUT2D eigenvalue weighted by atomic mass is 16.7. The van der Waals surface area contributed by atoms with E-state index >= 15 is 0 Å². The van der Waals surface area contributed by atoms with Crippen molar-refractivity contribution in [1.29, 1.82) is 0 Å². The Balaban J connectivity index is 0.000000121. The molecule has 3 aromatic rings. The molecular weight excluding hydrogens is 258 g/mol. The Labute approximate surface area is 115 Å². The Morgan fingerprint density at radius 2 is 1.60 bits per heavy atom. The third-order valence-corrected chi connectivity index (χ3v) is 2.89. The molecule has 1 aliphatic rings. The Bertz CT molecular complexity index is 736. The van der Waals surface area contributed by atoms with Gasteiger partial charge in [0.05, 0.1) is 0 Å². The van der Waals surface area contributed by atoms with Crippen molar-refractivity contribution in [3.05, 3.63) is 48.7 Å². The summed E-state index contributed by atoms with van der Waals surface area (Å²) in [4.78, 5) is 3.04. The number of fused-ring (bicyclic) bond motifs is 2. The first-order chi connectivity index (χ1) is 9.72. The van der Waals surface area contributed by atoms with Crippen LogP contribution in [0.4, 0.5) is 0 Å². The van der Waals surface area contributed by atoms with Gasteiger partial charge in [0.1, 0.15) is 11.5 Å². The summed E-state index contributed by atoms with van der Waals surface area (Å²) in [5, 5.41) is 19.0. The molecule has 0 fully saturated rings. The van der Waals surface area contributed by atoms with Crippen molar-refractivity contribution in [1.82, 2.24) is 4.98 Å². The maximum atomic E-state index is 9.03. The Morgan fingerprint density at radius 3 is 2.50 bits per heavy atom. The van der Waals surface area contributed by atoms with Gasteiger partial charge in [-0.1, -0.05) is 0 Å². The van der Waals surface area contributed by atoms with Crippen LogP contribution in [0.15, 0.2) is 48.7 Å². The van der Waals surface area contributed by atoms with E-state index in [9.17, 15) is 0 Å². The second-order valence-electron chi connectivity index (χ2n) is 4.29. The van der Waals surface area contributed by atoms with Crippen LogP contribution in [0.3, 0.4) is 0 Å². The summed E-state index contributed by atoms with van der Waals surface area (Å²) < 4.78 is 10.0. The fourth-order valence-electron chi connectivity index (χ4n) is 1.93. The molecule has 0 unspecified atom stereocenters. The molecule has 0 aliphatic carbocycles. The van der Waals surface area contributed by atoms with E-state index in [1.807, 2.05) is 18.3 Å². The summed E-state index contributed by atoms with van der Waals surface area (Å²) in [5.74, 6) is 1.81. The normalized spacial score (nSPS) is 12.0. The Hall–Kier alpha value is -2.82. The zero-order valence-electron chi connectivity index (χ0n) is 10.5. The summed E-state index contributed by atoms with van der Waals surface area (Å²) in [6.45, 7) is 0.249. The Kier molecular flexibility index (Phi) is 3.09. The van der Waals surface area contributed by atoms with Gasteiger partial charge in [-0.05, 0) is 36.4 Å². The van der Waals surface area contributed by atoms with Crippen molar-refractivity contribution in [3.63, 3.8) is 0 Å². The minimum Gasteiger partial charge on any atom is -0.508 e. The molecule has 0 saturated heterocycles. The minimum absolute atomic E-state index is 0.198. The molecule has 2 heterocycles. The first-order valence-electron chi connectivity index (χ1n) is 6.07. The van der Waals surface area contributed by atoms with Crippen LogP contribution in [0.25, 0.3) is 10.9 Å². The molecule has 5 heteroatoms. The molecule has 0 spiro atoms. The van der Waals surface area contributed by atoms with E-state index in [4.69, 9.17) is 19.7 Å². The number of phenolic OH excluding ortho intramolecular Hbond substituents is 2. The largest absolute Gasteiger partial charge is 0.508 e. The fraction of sp³-hybridized carbons (Fsp3) is 0.0667. The predicted molar refractivity (Wildman–Crippen MR) is 74.2 cm³/mol.